The number of esters is 1. The van der Waals surface area contributed by atoms with E-state index in [2.05, 4.69) is 15.2 Å². The predicted molar refractivity (Wildman–Crippen MR) is 145 cm³/mol. The summed E-state index contributed by atoms with van der Waals surface area (Å²) in [6.07, 6.45) is -2.57. The van der Waals surface area contributed by atoms with Gasteiger partial charge >= 0.3 is 13.7 Å². The van der Waals surface area contributed by atoms with Crippen molar-refractivity contribution >= 4 is 25.1 Å². The molecule has 1 saturated heterocycles. The number of aliphatic hydroxyl groups excluding tert-OH is 2. The summed E-state index contributed by atoms with van der Waals surface area (Å²) in [5.74, 6) is -0.183. The first kappa shape index (κ1) is 29.9. The molecular formula is C26H36N5O8P. The van der Waals surface area contributed by atoms with Gasteiger partial charge in [-0.25, -0.2) is 14.1 Å². The number of fused-ring (bicyclic) bond motifs is 1. The molecule has 0 saturated carbocycles. The van der Waals surface area contributed by atoms with Crippen molar-refractivity contribution in [1.29, 1.82) is 0 Å². The molecule has 0 radical (unpaired) electrons. The predicted octanol–water partition coefficient (Wildman–Crippen LogP) is 2.63. The van der Waals surface area contributed by atoms with Gasteiger partial charge in [-0.05, 0) is 43.5 Å². The molecule has 1 aromatic carbocycles. The van der Waals surface area contributed by atoms with E-state index < -0.39 is 50.3 Å². The Morgan fingerprint density at radius 3 is 2.62 bits per heavy atom. The highest BCUT2D eigenvalue weighted by molar-refractivity contribution is 7.52. The maximum Gasteiger partial charge on any atom is 0.459 e. The van der Waals surface area contributed by atoms with Crippen LogP contribution in [-0.2, 0) is 23.4 Å². The van der Waals surface area contributed by atoms with Crippen LogP contribution in [-0.4, -0.2) is 67.8 Å². The van der Waals surface area contributed by atoms with Gasteiger partial charge in [0.15, 0.2) is 5.82 Å². The third kappa shape index (κ3) is 6.63. The number of hydrogen-bond acceptors (Lipinski definition) is 11. The van der Waals surface area contributed by atoms with E-state index in [0.29, 0.717) is 11.2 Å². The molecule has 4 rings (SSSR count). The van der Waals surface area contributed by atoms with Crippen LogP contribution in [0.2, 0.25) is 0 Å². The Bertz CT molecular complexity index is 1380. The molecule has 3 heterocycles. The SMILES string of the molecule is C[C@H](NP(=O)(OC[C@@]1(C)O[C@@H](c2ccc3c(N)ncnn23)[C@H](O)[C@@H]1O)Oc1ccccc1)C(=O)OCC(C)(C)C. The molecule has 13 nitrogen and oxygen atoms in total. The lowest BCUT2D eigenvalue weighted by atomic mass is 9.97. The number of nitrogens with two attached hydrogens (primary N) is 1. The number of para-hydroxylation sites is 1. The molecule has 1 aliphatic rings. The molecule has 0 aliphatic carbocycles. The average molecular weight is 578 g/mol. The summed E-state index contributed by atoms with van der Waals surface area (Å²) >= 11 is 0. The first-order chi connectivity index (χ1) is 18.7. The third-order valence-corrected chi connectivity index (χ3v) is 7.92. The van der Waals surface area contributed by atoms with E-state index in [1.54, 1.807) is 42.5 Å². The minimum atomic E-state index is -4.25. The number of aromatic nitrogens is 3. The lowest BCUT2D eigenvalue weighted by Crippen LogP contribution is -2.45. The molecule has 0 spiro atoms. The molecule has 0 amide bonds. The van der Waals surface area contributed by atoms with Crippen LogP contribution >= 0.6 is 7.75 Å². The van der Waals surface area contributed by atoms with Gasteiger partial charge in [-0.2, -0.15) is 10.2 Å². The van der Waals surface area contributed by atoms with Gasteiger partial charge in [0, 0.05) is 0 Å². The fourth-order valence-electron chi connectivity index (χ4n) is 4.13. The van der Waals surface area contributed by atoms with Gasteiger partial charge in [0.1, 0.15) is 47.5 Å². The Hall–Kier alpha value is -3.06. The lowest BCUT2D eigenvalue weighted by Gasteiger charge is -2.30. The van der Waals surface area contributed by atoms with Gasteiger partial charge in [0.05, 0.1) is 18.9 Å². The number of benzene rings is 1. The normalized spacial score (nSPS) is 25.4. The van der Waals surface area contributed by atoms with Crippen molar-refractivity contribution in [2.45, 2.75) is 64.6 Å². The van der Waals surface area contributed by atoms with Gasteiger partial charge in [0.25, 0.3) is 0 Å². The van der Waals surface area contributed by atoms with E-state index in [9.17, 15) is 19.6 Å². The zero-order chi connectivity index (χ0) is 29.3. The number of ether oxygens (including phenoxy) is 2. The Morgan fingerprint density at radius 2 is 1.95 bits per heavy atom. The van der Waals surface area contributed by atoms with Crippen LogP contribution < -0.4 is 15.3 Å². The van der Waals surface area contributed by atoms with Crippen LogP contribution in [0.1, 0.15) is 46.4 Å². The van der Waals surface area contributed by atoms with Crippen LogP contribution in [0.3, 0.4) is 0 Å². The second-order valence-corrected chi connectivity index (χ2v) is 12.9. The number of aliphatic hydroxyl groups is 2. The number of carbonyl (C=O) groups excluding carboxylic acids is 1. The van der Waals surface area contributed by atoms with E-state index >= 15 is 0 Å². The second-order valence-electron chi connectivity index (χ2n) is 11.2. The number of nitrogen functional groups attached to an aromatic ring is 1. The van der Waals surface area contributed by atoms with Crippen LogP contribution in [0.15, 0.2) is 48.8 Å². The summed E-state index contributed by atoms with van der Waals surface area (Å²) in [7, 11) is -4.25. The number of nitrogens with zero attached hydrogens (tertiary/aromatic N) is 3. The average Bonchev–Trinajstić information content (AvgIpc) is 3.42. The van der Waals surface area contributed by atoms with Crippen molar-refractivity contribution < 1.29 is 38.1 Å². The molecule has 5 N–H and O–H groups in total. The molecular weight excluding hydrogens is 541 g/mol. The quantitative estimate of drug-likeness (QED) is 0.205. The highest BCUT2D eigenvalue weighted by Crippen LogP contribution is 2.48. The molecule has 1 fully saturated rings. The van der Waals surface area contributed by atoms with Crippen molar-refractivity contribution in [3.05, 3.63) is 54.5 Å². The molecule has 1 unspecified atom stereocenters. The molecule has 0 bridgehead atoms. The van der Waals surface area contributed by atoms with Crippen molar-refractivity contribution in [2.75, 3.05) is 18.9 Å². The highest BCUT2D eigenvalue weighted by atomic mass is 31.2. The number of rotatable bonds is 10. The summed E-state index contributed by atoms with van der Waals surface area (Å²) < 4.78 is 38.2. The van der Waals surface area contributed by atoms with Gasteiger partial charge in [0.2, 0.25) is 0 Å². The zero-order valence-corrected chi connectivity index (χ0v) is 23.9. The van der Waals surface area contributed by atoms with E-state index in [4.69, 9.17) is 24.3 Å². The number of nitrogens with one attached hydrogen (secondary N) is 1. The molecule has 6 atom stereocenters. The van der Waals surface area contributed by atoms with E-state index in [1.807, 2.05) is 20.8 Å². The monoisotopic (exact) mass is 577 g/mol. The summed E-state index contributed by atoms with van der Waals surface area (Å²) in [5.41, 5.74) is 5.06. The summed E-state index contributed by atoms with van der Waals surface area (Å²) in [6, 6.07) is 10.6. The van der Waals surface area contributed by atoms with Crippen LogP contribution in [0.5, 0.6) is 5.75 Å². The lowest BCUT2D eigenvalue weighted by molar-refractivity contribution is -0.148. The number of carbonyl (C=O) groups is 1. The zero-order valence-electron chi connectivity index (χ0n) is 23.1. The Labute approximate surface area is 232 Å². The maximum atomic E-state index is 13.9. The number of anilines is 1. The van der Waals surface area contributed by atoms with E-state index in [1.165, 1.54) is 24.7 Å². The minimum absolute atomic E-state index is 0.158. The Morgan fingerprint density at radius 1 is 1.25 bits per heavy atom. The van der Waals surface area contributed by atoms with Crippen molar-refractivity contribution in [3.8, 4) is 5.75 Å². The number of hydrogen-bond donors (Lipinski definition) is 4. The molecule has 1 aliphatic heterocycles. The Kier molecular flexibility index (Phi) is 8.55. The second kappa shape index (κ2) is 11.4. The standard InChI is InChI=1S/C26H36N5O8P/c1-16(24(34)36-13-25(2,3)4)30-40(35,39-17-9-7-6-8-10-17)37-14-26(5)22(33)20(32)21(38-26)18-11-12-19-23(27)28-15-29-31(18)19/h6-12,15-16,20-22,32-33H,13-14H2,1-5H3,(H,30,35)(H2,27,28,29)/t16-,20-,21-,22-,26+,40?/m0/s1. The van der Waals surface area contributed by atoms with Gasteiger partial charge in [-0.15, -0.1) is 0 Å². The first-order valence-corrected chi connectivity index (χ1v) is 14.3. The van der Waals surface area contributed by atoms with Crippen molar-refractivity contribution in [2.24, 2.45) is 5.41 Å². The third-order valence-electron chi connectivity index (χ3n) is 6.30. The van der Waals surface area contributed by atoms with Crippen LogP contribution in [0.25, 0.3) is 5.52 Å². The van der Waals surface area contributed by atoms with Gasteiger partial charge < -0.3 is 29.9 Å². The van der Waals surface area contributed by atoms with Crippen molar-refractivity contribution in [1.82, 2.24) is 19.7 Å². The topological polar surface area (TPSA) is 180 Å². The molecule has 14 heteroatoms. The fraction of sp³-hybridized carbons (Fsp3) is 0.500. The van der Waals surface area contributed by atoms with Crippen LogP contribution in [0, 0.1) is 5.41 Å². The Balaban J connectivity index is 1.53. The molecule has 40 heavy (non-hydrogen) atoms. The molecule has 218 valence electrons. The van der Waals surface area contributed by atoms with Crippen molar-refractivity contribution in [3.63, 3.8) is 0 Å². The van der Waals surface area contributed by atoms with E-state index in [0.717, 1.165) is 0 Å². The summed E-state index contributed by atoms with van der Waals surface area (Å²) in [5, 5.41) is 28.7. The molecule has 2 aromatic heterocycles. The highest BCUT2D eigenvalue weighted by Gasteiger charge is 2.54. The smallest absolute Gasteiger partial charge is 0.459 e. The largest absolute Gasteiger partial charge is 0.464 e. The van der Waals surface area contributed by atoms with Gasteiger partial charge in [-0.3, -0.25) is 9.32 Å². The minimum Gasteiger partial charge on any atom is -0.464 e. The summed E-state index contributed by atoms with van der Waals surface area (Å²) in [6.45, 7) is 8.42. The first-order valence-electron chi connectivity index (χ1n) is 12.8. The maximum absolute atomic E-state index is 13.9. The van der Waals surface area contributed by atoms with Crippen LogP contribution in [0.4, 0.5) is 5.82 Å². The molecule has 3 aromatic rings. The van der Waals surface area contributed by atoms with Gasteiger partial charge in [-0.1, -0.05) is 39.0 Å². The van der Waals surface area contributed by atoms with E-state index in [-0.39, 0.29) is 23.6 Å². The fourth-order valence-corrected chi connectivity index (χ4v) is 5.71. The summed E-state index contributed by atoms with van der Waals surface area (Å²) in [4.78, 5) is 16.6.